The minimum absolute atomic E-state index is 0.123. The molecule has 0 saturated carbocycles. The number of halogens is 1. The summed E-state index contributed by atoms with van der Waals surface area (Å²) in [5.74, 6) is 0.980. The largest absolute Gasteiger partial charge is 0.469 e. The summed E-state index contributed by atoms with van der Waals surface area (Å²) < 4.78 is 6.50. The summed E-state index contributed by atoms with van der Waals surface area (Å²) in [5.41, 5.74) is 7.57. The van der Waals surface area contributed by atoms with E-state index in [1.165, 1.54) is 10.4 Å². The van der Waals surface area contributed by atoms with Gasteiger partial charge in [-0.1, -0.05) is 6.92 Å². The van der Waals surface area contributed by atoms with Crippen LogP contribution in [0.3, 0.4) is 0 Å². The van der Waals surface area contributed by atoms with Crippen LogP contribution in [0.15, 0.2) is 32.7 Å². The van der Waals surface area contributed by atoms with Gasteiger partial charge in [0, 0.05) is 32.9 Å². The van der Waals surface area contributed by atoms with E-state index in [1.807, 2.05) is 13.0 Å². The maximum absolute atomic E-state index is 6.35. The van der Waals surface area contributed by atoms with Crippen molar-refractivity contribution in [2.45, 2.75) is 38.9 Å². The van der Waals surface area contributed by atoms with E-state index < -0.39 is 0 Å². The number of rotatable bonds is 6. The molecular weight excluding hydrogens is 336 g/mol. The fourth-order valence-corrected chi connectivity index (χ4v) is 4.09. The summed E-state index contributed by atoms with van der Waals surface area (Å²) in [6, 6.07) is 4.55. The van der Waals surface area contributed by atoms with Gasteiger partial charge in [0.2, 0.25) is 0 Å². The average Bonchev–Trinajstić information content (AvgIpc) is 2.99. The predicted molar refractivity (Wildman–Crippen MR) is 87.9 cm³/mol. The first-order valence-electron chi connectivity index (χ1n) is 6.75. The van der Waals surface area contributed by atoms with E-state index in [2.05, 4.69) is 46.2 Å². The molecule has 0 radical (unpaired) electrons. The molecule has 0 fully saturated rings. The third-order valence-corrected chi connectivity index (χ3v) is 5.38. The first-order valence-corrected chi connectivity index (χ1v) is 8.43. The van der Waals surface area contributed by atoms with Gasteiger partial charge in [-0.3, -0.25) is 4.90 Å². The summed E-state index contributed by atoms with van der Waals surface area (Å²) in [7, 11) is 2.13. The van der Waals surface area contributed by atoms with Gasteiger partial charge in [-0.25, -0.2) is 0 Å². The van der Waals surface area contributed by atoms with Gasteiger partial charge in [-0.05, 0) is 48.5 Å². The summed E-state index contributed by atoms with van der Waals surface area (Å²) >= 11 is 5.28. The van der Waals surface area contributed by atoms with Crippen LogP contribution in [0.25, 0.3) is 0 Å². The Labute approximate surface area is 132 Å². The monoisotopic (exact) mass is 356 g/mol. The molecule has 0 saturated heterocycles. The molecule has 0 aromatic carbocycles. The Hall–Kier alpha value is -0.620. The number of aryl methyl sites for hydroxylation is 1. The van der Waals surface area contributed by atoms with Crippen LogP contribution in [0, 0.1) is 6.92 Å². The maximum Gasteiger partial charge on any atom is 0.105 e. The molecule has 2 N–H and O–H groups in total. The van der Waals surface area contributed by atoms with Crippen molar-refractivity contribution in [3.8, 4) is 0 Å². The molecule has 2 aromatic heterocycles. The highest BCUT2D eigenvalue weighted by atomic mass is 79.9. The quantitative estimate of drug-likeness (QED) is 0.837. The smallest absolute Gasteiger partial charge is 0.105 e. The molecule has 0 aliphatic rings. The van der Waals surface area contributed by atoms with Gasteiger partial charge in [0.1, 0.15) is 5.76 Å². The van der Waals surface area contributed by atoms with Crippen LogP contribution in [-0.4, -0.2) is 18.0 Å². The number of hydrogen-bond donors (Lipinski definition) is 1. The van der Waals surface area contributed by atoms with Crippen molar-refractivity contribution >= 4 is 27.3 Å². The van der Waals surface area contributed by atoms with Crippen LogP contribution < -0.4 is 5.73 Å². The normalized spacial score (nSPS) is 14.7. The first-order chi connectivity index (χ1) is 9.52. The second-order valence-corrected chi connectivity index (χ2v) is 6.96. The average molecular weight is 357 g/mol. The molecule has 110 valence electrons. The van der Waals surface area contributed by atoms with Gasteiger partial charge >= 0.3 is 0 Å². The van der Waals surface area contributed by atoms with E-state index >= 15 is 0 Å². The van der Waals surface area contributed by atoms with Gasteiger partial charge in [-0.15, -0.1) is 11.3 Å². The van der Waals surface area contributed by atoms with E-state index in [0.717, 1.165) is 23.2 Å². The summed E-state index contributed by atoms with van der Waals surface area (Å²) in [4.78, 5) is 3.61. The molecule has 0 amide bonds. The maximum atomic E-state index is 6.35. The molecule has 0 aliphatic carbocycles. The van der Waals surface area contributed by atoms with Gasteiger partial charge in [0.25, 0.3) is 0 Å². The molecule has 0 spiro atoms. The number of thiophene rings is 1. The highest BCUT2D eigenvalue weighted by molar-refractivity contribution is 9.10. The van der Waals surface area contributed by atoms with Gasteiger partial charge in [0.15, 0.2) is 0 Å². The molecular formula is C15H21BrN2OS. The van der Waals surface area contributed by atoms with E-state index in [4.69, 9.17) is 10.2 Å². The molecule has 2 unspecified atom stereocenters. The Balaban J connectivity index is 2.20. The molecule has 2 aromatic rings. The van der Waals surface area contributed by atoms with Crippen molar-refractivity contribution in [2.75, 3.05) is 7.05 Å². The number of nitrogens with zero attached hydrogens (tertiary/aromatic N) is 1. The third kappa shape index (κ3) is 3.52. The molecule has 2 rings (SSSR count). The zero-order chi connectivity index (χ0) is 14.7. The number of hydrogen-bond acceptors (Lipinski definition) is 4. The highest BCUT2D eigenvalue weighted by Gasteiger charge is 2.25. The topological polar surface area (TPSA) is 42.4 Å². The van der Waals surface area contributed by atoms with Gasteiger partial charge in [-0.2, -0.15) is 0 Å². The lowest BCUT2D eigenvalue weighted by molar-refractivity contribution is 0.204. The molecule has 0 bridgehead atoms. The molecule has 5 heteroatoms. The predicted octanol–water partition coefficient (Wildman–Crippen LogP) is 4.32. The van der Waals surface area contributed by atoms with E-state index in [9.17, 15) is 0 Å². The number of likely N-dealkylation sites (N-methyl/N-ethyl adjacent to an activating group) is 1. The second-order valence-electron chi connectivity index (χ2n) is 5.10. The van der Waals surface area contributed by atoms with Crippen molar-refractivity contribution in [2.24, 2.45) is 5.73 Å². The van der Waals surface area contributed by atoms with Crippen LogP contribution in [0.1, 0.15) is 35.6 Å². The van der Waals surface area contributed by atoms with Crippen molar-refractivity contribution in [3.05, 3.63) is 44.4 Å². The van der Waals surface area contributed by atoms with Crippen molar-refractivity contribution in [1.29, 1.82) is 0 Å². The minimum atomic E-state index is 0.123. The minimum Gasteiger partial charge on any atom is -0.469 e. The molecule has 3 nitrogen and oxygen atoms in total. The molecule has 2 heterocycles. The Morgan fingerprint density at radius 1 is 1.50 bits per heavy atom. The Kier molecular flexibility index (Phi) is 5.43. The van der Waals surface area contributed by atoms with Crippen molar-refractivity contribution in [1.82, 2.24) is 4.90 Å². The first kappa shape index (κ1) is 15.8. The van der Waals surface area contributed by atoms with Crippen LogP contribution in [-0.2, 0) is 6.54 Å². The molecule has 0 aliphatic heterocycles. The second kappa shape index (κ2) is 6.89. The van der Waals surface area contributed by atoms with Crippen molar-refractivity contribution in [3.63, 3.8) is 0 Å². The Bertz CT molecular complexity index is 552. The van der Waals surface area contributed by atoms with E-state index in [-0.39, 0.29) is 12.1 Å². The fourth-order valence-electron chi connectivity index (χ4n) is 2.40. The lowest BCUT2D eigenvalue weighted by Crippen LogP contribution is -2.38. The standard InChI is InChI=1S/C15H21BrN2OS/c1-4-13(17)15(14-7-12(16)9-20-14)18(3)8-11-5-6-19-10(11)2/h5-7,9,13,15H,4,8,17H2,1-3H3. The van der Waals surface area contributed by atoms with Crippen LogP contribution in [0.2, 0.25) is 0 Å². The summed E-state index contributed by atoms with van der Waals surface area (Å²) in [6.45, 7) is 4.98. The van der Waals surface area contributed by atoms with Crippen molar-refractivity contribution < 1.29 is 4.42 Å². The number of nitrogens with two attached hydrogens (primary N) is 1. The van der Waals surface area contributed by atoms with Gasteiger partial charge in [0.05, 0.1) is 12.3 Å². The Morgan fingerprint density at radius 3 is 2.75 bits per heavy atom. The van der Waals surface area contributed by atoms with E-state index in [0.29, 0.717) is 0 Å². The fraction of sp³-hybridized carbons (Fsp3) is 0.467. The molecule has 2 atom stereocenters. The SMILES string of the molecule is CCC(N)C(c1cc(Br)cs1)N(C)Cc1ccoc1C. The van der Waals surface area contributed by atoms with Crippen LogP contribution >= 0.6 is 27.3 Å². The lowest BCUT2D eigenvalue weighted by Gasteiger charge is -2.31. The summed E-state index contributed by atoms with van der Waals surface area (Å²) in [6.07, 6.45) is 2.70. The van der Waals surface area contributed by atoms with Crippen LogP contribution in [0.4, 0.5) is 0 Å². The zero-order valence-corrected chi connectivity index (χ0v) is 14.5. The van der Waals surface area contributed by atoms with Gasteiger partial charge < -0.3 is 10.2 Å². The Morgan fingerprint density at radius 2 is 2.25 bits per heavy atom. The summed E-state index contributed by atoms with van der Waals surface area (Å²) in [5, 5.41) is 2.11. The van der Waals surface area contributed by atoms with E-state index in [1.54, 1.807) is 17.6 Å². The van der Waals surface area contributed by atoms with Crippen LogP contribution in [0.5, 0.6) is 0 Å². The number of furan rings is 1. The zero-order valence-electron chi connectivity index (χ0n) is 12.1. The highest BCUT2D eigenvalue weighted by Crippen LogP contribution is 2.32. The third-order valence-electron chi connectivity index (χ3n) is 3.62. The molecule has 20 heavy (non-hydrogen) atoms. The lowest BCUT2D eigenvalue weighted by atomic mass is 10.0.